The highest BCUT2D eigenvalue weighted by atomic mass is 16.5. The molecule has 3 N–H and O–H groups in total. The highest BCUT2D eigenvalue weighted by molar-refractivity contribution is 5.92. The van der Waals surface area contributed by atoms with E-state index in [1.54, 1.807) is 0 Å². The maximum absolute atomic E-state index is 11.9. The number of ether oxygens (including phenoxy) is 1. The molecule has 1 aliphatic rings. The lowest BCUT2D eigenvalue weighted by Gasteiger charge is -2.30. The number of aromatic nitrogens is 2. The van der Waals surface area contributed by atoms with E-state index in [4.69, 9.17) is 9.84 Å². The SMILES string of the molecule is O=C(O)C1CN(C(=O)c2c[nH]c(=O)[nH]2)CCO1. The number of H-pyrrole nitrogens is 2. The number of hydrogen-bond acceptors (Lipinski definition) is 4. The van der Waals surface area contributed by atoms with E-state index in [0.29, 0.717) is 6.54 Å². The number of carbonyl (C=O) groups excluding carboxylic acids is 1. The van der Waals surface area contributed by atoms with Gasteiger partial charge in [-0.15, -0.1) is 0 Å². The number of imidazole rings is 1. The molecule has 0 spiro atoms. The van der Waals surface area contributed by atoms with E-state index in [1.807, 2.05) is 0 Å². The second-order valence-electron chi connectivity index (χ2n) is 3.61. The molecular formula is C9H11N3O5. The van der Waals surface area contributed by atoms with Crippen LogP contribution < -0.4 is 5.69 Å². The van der Waals surface area contributed by atoms with Crippen molar-refractivity contribution >= 4 is 11.9 Å². The summed E-state index contributed by atoms with van der Waals surface area (Å²) in [6, 6.07) is 0. The minimum atomic E-state index is -1.11. The zero-order valence-corrected chi connectivity index (χ0v) is 8.80. The highest BCUT2D eigenvalue weighted by Gasteiger charge is 2.29. The van der Waals surface area contributed by atoms with Crippen molar-refractivity contribution in [1.82, 2.24) is 14.9 Å². The number of amides is 1. The van der Waals surface area contributed by atoms with Crippen molar-refractivity contribution in [2.45, 2.75) is 6.10 Å². The first-order chi connectivity index (χ1) is 8.08. The van der Waals surface area contributed by atoms with Crippen molar-refractivity contribution in [1.29, 1.82) is 0 Å². The molecule has 2 heterocycles. The Balaban J connectivity index is 2.09. The van der Waals surface area contributed by atoms with Crippen molar-refractivity contribution in [3.63, 3.8) is 0 Å². The van der Waals surface area contributed by atoms with E-state index in [1.165, 1.54) is 11.1 Å². The third kappa shape index (κ3) is 2.36. The first kappa shape index (κ1) is 11.4. The lowest BCUT2D eigenvalue weighted by atomic mass is 10.2. The van der Waals surface area contributed by atoms with E-state index in [0.717, 1.165) is 0 Å². The summed E-state index contributed by atoms with van der Waals surface area (Å²) in [7, 11) is 0. The van der Waals surface area contributed by atoms with Gasteiger partial charge in [-0.25, -0.2) is 9.59 Å². The topological polar surface area (TPSA) is 115 Å². The van der Waals surface area contributed by atoms with Crippen LogP contribution in [0.5, 0.6) is 0 Å². The summed E-state index contributed by atoms with van der Waals surface area (Å²) in [5, 5.41) is 8.79. The van der Waals surface area contributed by atoms with Gasteiger partial charge in [0.2, 0.25) is 0 Å². The number of carboxylic acids is 1. The van der Waals surface area contributed by atoms with Gasteiger partial charge in [0.05, 0.1) is 13.2 Å². The molecule has 0 bridgehead atoms. The van der Waals surface area contributed by atoms with Crippen LogP contribution >= 0.6 is 0 Å². The average molecular weight is 241 g/mol. The van der Waals surface area contributed by atoms with Crippen molar-refractivity contribution in [2.24, 2.45) is 0 Å². The van der Waals surface area contributed by atoms with Crippen molar-refractivity contribution in [3.05, 3.63) is 22.4 Å². The predicted molar refractivity (Wildman–Crippen MR) is 54.7 cm³/mol. The number of aromatic amines is 2. The zero-order valence-electron chi connectivity index (χ0n) is 8.80. The standard InChI is InChI=1S/C9H11N3O5/c13-7(5-3-10-9(16)11-5)12-1-2-17-6(4-12)8(14)15/h3,6H,1-2,4H2,(H,14,15)(H2,10,11,16). The fourth-order valence-electron chi connectivity index (χ4n) is 1.60. The summed E-state index contributed by atoms with van der Waals surface area (Å²) in [5.74, 6) is -1.53. The van der Waals surface area contributed by atoms with Gasteiger partial charge in [0.15, 0.2) is 6.10 Å². The Labute approximate surface area is 95.2 Å². The first-order valence-electron chi connectivity index (χ1n) is 4.99. The molecule has 92 valence electrons. The normalized spacial score (nSPS) is 20.2. The molecule has 0 aromatic carbocycles. The largest absolute Gasteiger partial charge is 0.479 e. The number of nitrogens with zero attached hydrogens (tertiary/aromatic N) is 1. The molecule has 0 radical (unpaired) electrons. The summed E-state index contributed by atoms with van der Waals surface area (Å²) < 4.78 is 4.99. The maximum Gasteiger partial charge on any atom is 0.334 e. The van der Waals surface area contributed by atoms with E-state index in [9.17, 15) is 14.4 Å². The van der Waals surface area contributed by atoms with Crippen LogP contribution in [0.15, 0.2) is 11.0 Å². The summed E-state index contributed by atoms with van der Waals surface area (Å²) in [6.45, 7) is 0.439. The Kier molecular flexibility index (Phi) is 2.96. The Morgan fingerprint density at radius 2 is 2.29 bits per heavy atom. The third-order valence-corrected chi connectivity index (χ3v) is 2.46. The molecule has 1 amide bonds. The van der Waals surface area contributed by atoms with Gasteiger partial charge in [-0.05, 0) is 0 Å². The van der Waals surface area contributed by atoms with Gasteiger partial charge >= 0.3 is 11.7 Å². The van der Waals surface area contributed by atoms with Crippen molar-refractivity contribution in [2.75, 3.05) is 19.7 Å². The molecule has 1 aromatic heterocycles. The van der Waals surface area contributed by atoms with Gasteiger partial charge < -0.3 is 24.7 Å². The minimum Gasteiger partial charge on any atom is -0.479 e. The lowest BCUT2D eigenvalue weighted by Crippen LogP contribution is -2.48. The van der Waals surface area contributed by atoms with E-state index in [-0.39, 0.29) is 18.8 Å². The van der Waals surface area contributed by atoms with E-state index < -0.39 is 23.7 Å². The molecule has 2 rings (SSSR count). The van der Waals surface area contributed by atoms with Crippen LogP contribution in [-0.2, 0) is 9.53 Å². The number of carboxylic acid groups (broad SMARTS) is 1. The third-order valence-electron chi connectivity index (χ3n) is 2.46. The second-order valence-corrected chi connectivity index (χ2v) is 3.61. The molecule has 1 atom stereocenters. The quantitative estimate of drug-likeness (QED) is 0.590. The lowest BCUT2D eigenvalue weighted by molar-refractivity contribution is -0.154. The van der Waals surface area contributed by atoms with Crippen LogP contribution in [-0.4, -0.2) is 57.7 Å². The average Bonchev–Trinajstić information content (AvgIpc) is 2.75. The van der Waals surface area contributed by atoms with Gasteiger partial charge in [0.25, 0.3) is 5.91 Å². The van der Waals surface area contributed by atoms with E-state index >= 15 is 0 Å². The van der Waals surface area contributed by atoms with Crippen LogP contribution in [0.4, 0.5) is 0 Å². The van der Waals surface area contributed by atoms with Crippen LogP contribution in [0.2, 0.25) is 0 Å². The molecule has 8 heteroatoms. The number of rotatable bonds is 2. The molecule has 0 saturated carbocycles. The van der Waals surface area contributed by atoms with Gasteiger partial charge in [-0.3, -0.25) is 4.79 Å². The van der Waals surface area contributed by atoms with Gasteiger partial charge in [0, 0.05) is 12.7 Å². The summed E-state index contributed by atoms with van der Waals surface area (Å²) in [4.78, 5) is 39.4. The molecule has 1 aromatic rings. The maximum atomic E-state index is 11.9. The van der Waals surface area contributed by atoms with Crippen LogP contribution in [0.25, 0.3) is 0 Å². The fraction of sp³-hybridized carbons (Fsp3) is 0.444. The Hall–Kier alpha value is -2.09. The molecule has 17 heavy (non-hydrogen) atoms. The molecule has 1 fully saturated rings. The molecule has 8 nitrogen and oxygen atoms in total. The zero-order chi connectivity index (χ0) is 12.4. The fourth-order valence-corrected chi connectivity index (χ4v) is 1.60. The predicted octanol–water partition coefficient (Wildman–Crippen LogP) is -1.37. The molecule has 1 saturated heterocycles. The van der Waals surface area contributed by atoms with Gasteiger partial charge in [-0.1, -0.05) is 0 Å². The van der Waals surface area contributed by atoms with Crippen LogP contribution in [0.1, 0.15) is 10.5 Å². The van der Waals surface area contributed by atoms with Crippen LogP contribution in [0, 0.1) is 0 Å². The number of carbonyl (C=O) groups is 2. The highest BCUT2D eigenvalue weighted by Crippen LogP contribution is 2.08. The Morgan fingerprint density at radius 1 is 1.53 bits per heavy atom. The smallest absolute Gasteiger partial charge is 0.334 e. The minimum absolute atomic E-state index is 0.0264. The molecule has 1 unspecified atom stereocenters. The summed E-state index contributed by atoms with van der Waals surface area (Å²) in [5.41, 5.74) is -0.363. The number of aliphatic carboxylic acids is 1. The van der Waals surface area contributed by atoms with E-state index in [2.05, 4.69) is 9.97 Å². The molecule has 1 aliphatic heterocycles. The summed E-state index contributed by atoms with van der Waals surface area (Å²) in [6.07, 6.45) is 0.244. The molecular weight excluding hydrogens is 230 g/mol. The molecule has 0 aliphatic carbocycles. The monoisotopic (exact) mass is 241 g/mol. The van der Waals surface area contributed by atoms with Crippen molar-refractivity contribution < 1.29 is 19.4 Å². The van der Waals surface area contributed by atoms with Gasteiger partial charge in [0.1, 0.15) is 5.69 Å². The van der Waals surface area contributed by atoms with Crippen molar-refractivity contribution in [3.8, 4) is 0 Å². The number of hydrogen-bond donors (Lipinski definition) is 3. The number of nitrogens with one attached hydrogen (secondary N) is 2. The Bertz CT molecular complexity index is 491. The second kappa shape index (κ2) is 4.42. The number of morpholine rings is 1. The summed E-state index contributed by atoms with van der Waals surface area (Å²) >= 11 is 0. The van der Waals surface area contributed by atoms with Crippen LogP contribution in [0.3, 0.4) is 0 Å². The Morgan fingerprint density at radius 3 is 2.88 bits per heavy atom. The first-order valence-corrected chi connectivity index (χ1v) is 4.99. The van der Waals surface area contributed by atoms with Gasteiger partial charge in [-0.2, -0.15) is 0 Å².